The molecule has 0 aromatic heterocycles. The third kappa shape index (κ3) is 5.09. The first-order valence-electron chi connectivity index (χ1n) is 6.68. The maximum Gasteiger partial charge on any atom is 0.120 e. The summed E-state index contributed by atoms with van der Waals surface area (Å²) in [6, 6.07) is 5.70. The van der Waals surface area contributed by atoms with E-state index in [1.165, 1.54) is 0 Å². The van der Waals surface area contributed by atoms with E-state index in [0.29, 0.717) is 24.3 Å². The summed E-state index contributed by atoms with van der Waals surface area (Å²) in [6.45, 7) is 6.02. The zero-order valence-electron chi connectivity index (χ0n) is 12.6. The van der Waals surface area contributed by atoms with Gasteiger partial charge in [0.2, 0.25) is 0 Å². The molecule has 0 aliphatic rings. The predicted molar refractivity (Wildman–Crippen MR) is 78.7 cm³/mol. The number of hydrogen-bond donors (Lipinski definition) is 2. The summed E-state index contributed by atoms with van der Waals surface area (Å²) in [4.78, 5) is 2.17. The largest absolute Gasteiger partial charge is 0.508 e. The Balaban J connectivity index is 2.68. The fourth-order valence-electron chi connectivity index (χ4n) is 1.98. The number of rotatable bonds is 7. The fourth-order valence-corrected chi connectivity index (χ4v) is 1.98. The van der Waals surface area contributed by atoms with Crippen molar-refractivity contribution in [1.82, 2.24) is 10.2 Å². The molecule has 1 atom stereocenters. The van der Waals surface area contributed by atoms with Crippen LogP contribution < -0.4 is 10.1 Å². The van der Waals surface area contributed by atoms with Gasteiger partial charge in [0.1, 0.15) is 11.5 Å². The first-order valence-corrected chi connectivity index (χ1v) is 6.68. The second-order valence-corrected chi connectivity index (χ2v) is 5.49. The summed E-state index contributed by atoms with van der Waals surface area (Å²) < 4.78 is 5.18. The predicted octanol–water partition coefficient (Wildman–Crippen LogP) is 2.08. The third-order valence-electron chi connectivity index (χ3n) is 3.21. The van der Waals surface area contributed by atoms with Gasteiger partial charge in [0.25, 0.3) is 0 Å². The van der Waals surface area contributed by atoms with Crippen molar-refractivity contribution in [1.29, 1.82) is 0 Å². The molecule has 1 aromatic carbocycles. The summed E-state index contributed by atoms with van der Waals surface area (Å²) in [7, 11) is 5.77. The van der Waals surface area contributed by atoms with Crippen molar-refractivity contribution in [3.8, 4) is 11.5 Å². The van der Waals surface area contributed by atoms with Crippen molar-refractivity contribution in [2.24, 2.45) is 5.92 Å². The molecule has 1 aromatic rings. The molecule has 0 saturated heterocycles. The Bertz CT molecular complexity index is 392. The quantitative estimate of drug-likeness (QED) is 0.793. The number of phenolic OH excluding ortho intramolecular Hbond substituents is 1. The number of likely N-dealkylation sites (N-methyl/N-ethyl adjacent to an activating group) is 1. The lowest BCUT2D eigenvalue weighted by Gasteiger charge is -2.26. The topological polar surface area (TPSA) is 44.7 Å². The molecule has 0 radical (unpaired) electrons. The molecule has 0 bridgehead atoms. The van der Waals surface area contributed by atoms with Gasteiger partial charge in [-0.15, -0.1) is 0 Å². The van der Waals surface area contributed by atoms with E-state index in [-0.39, 0.29) is 0 Å². The van der Waals surface area contributed by atoms with Gasteiger partial charge in [0, 0.05) is 24.7 Å². The molecular weight excluding hydrogens is 240 g/mol. The monoisotopic (exact) mass is 266 g/mol. The molecule has 0 aliphatic heterocycles. The number of nitrogens with zero attached hydrogens (tertiary/aromatic N) is 1. The van der Waals surface area contributed by atoms with Crippen LogP contribution in [0.1, 0.15) is 19.4 Å². The molecule has 4 heteroatoms. The van der Waals surface area contributed by atoms with Crippen molar-refractivity contribution in [3.63, 3.8) is 0 Å². The van der Waals surface area contributed by atoms with Crippen LogP contribution >= 0.6 is 0 Å². The van der Waals surface area contributed by atoms with E-state index < -0.39 is 0 Å². The summed E-state index contributed by atoms with van der Waals surface area (Å²) in [5.74, 6) is 1.61. The van der Waals surface area contributed by atoms with Gasteiger partial charge in [0.05, 0.1) is 7.11 Å². The van der Waals surface area contributed by atoms with Crippen molar-refractivity contribution in [2.75, 3.05) is 27.7 Å². The normalized spacial score (nSPS) is 13.0. The van der Waals surface area contributed by atoms with E-state index >= 15 is 0 Å². The lowest BCUT2D eigenvalue weighted by atomic mass is 10.0. The first-order chi connectivity index (χ1) is 8.93. The van der Waals surface area contributed by atoms with Gasteiger partial charge in [-0.05, 0) is 38.2 Å². The van der Waals surface area contributed by atoms with Crippen molar-refractivity contribution < 1.29 is 9.84 Å². The highest BCUT2D eigenvalue weighted by Gasteiger charge is 2.14. The van der Waals surface area contributed by atoms with Crippen LogP contribution in [0.25, 0.3) is 0 Å². The highest BCUT2D eigenvalue weighted by Crippen LogP contribution is 2.22. The Morgan fingerprint density at radius 2 is 2.00 bits per heavy atom. The number of phenols is 1. The maximum absolute atomic E-state index is 9.86. The summed E-state index contributed by atoms with van der Waals surface area (Å²) in [6.07, 6.45) is 0. The standard InChI is InChI=1S/C15H26N2O2/c1-11(2)14(10-17(3)4)16-9-12-8-13(19-5)6-7-15(12)18/h6-8,11,14,16,18H,9-10H2,1-5H3. The molecule has 0 saturated carbocycles. The SMILES string of the molecule is COc1ccc(O)c(CNC(CN(C)C)C(C)C)c1. The number of methoxy groups -OCH3 is 1. The van der Waals surface area contributed by atoms with Crippen LogP contribution in [0.15, 0.2) is 18.2 Å². The average Bonchev–Trinajstić information content (AvgIpc) is 2.35. The van der Waals surface area contributed by atoms with Gasteiger partial charge in [-0.2, -0.15) is 0 Å². The van der Waals surface area contributed by atoms with Gasteiger partial charge in [0.15, 0.2) is 0 Å². The number of aromatic hydroxyl groups is 1. The van der Waals surface area contributed by atoms with Crippen LogP contribution in [0.4, 0.5) is 0 Å². The molecule has 4 nitrogen and oxygen atoms in total. The molecule has 108 valence electrons. The summed E-state index contributed by atoms with van der Waals surface area (Å²) in [5.41, 5.74) is 0.865. The Hall–Kier alpha value is -1.26. The minimum atomic E-state index is 0.306. The highest BCUT2D eigenvalue weighted by molar-refractivity contribution is 5.39. The Morgan fingerprint density at radius 1 is 1.32 bits per heavy atom. The van der Waals surface area contributed by atoms with Gasteiger partial charge in [-0.3, -0.25) is 0 Å². The van der Waals surface area contributed by atoms with Gasteiger partial charge in [-0.25, -0.2) is 0 Å². The molecular formula is C15H26N2O2. The summed E-state index contributed by atoms with van der Waals surface area (Å²) in [5, 5.41) is 13.4. The molecule has 0 amide bonds. The Morgan fingerprint density at radius 3 is 2.53 bits per heavy atom. The maximum atomic E-state index is 9.86. The first kappa shape index (κ1) is 15.8. The average molecular weight is 266 g/mol. The van der Waals surface area contributed by atoms with E-state index in [1.54, 1.807) is 19.2 Å². The number of nitrogens with one attached hydrogen (secondary N) is 1. The van der Waals surface area contributed by atoms with Crippen LogP contribution in [0.2, 0.25) is 0 Å². The molecule has 0 heterocycles. The zero-order chi connectivity index (χ0) is 14.4. The number of benzene rings is 1. The molecule has 1 rings (SSSR count). The van der Waals surface area contributed by atoms with Crippen LogP contribution in [-0.2, 0) is 6.54 Å². The van der Waals surface area contributed by atoms with E-state index in [9.17, 15) is 5.11 Å². The number of hydrogen-bond acceptors (Lipinski definition) is 4. The summed E-state index contributed by atoms with van der Waals surface area (Å²) >= 11 is 0. The molecule has 0 aliphatic carbocycles. The van der Waals surface area contributed by atoms with E-state index in [2.05, 4.69) is 38.2 Å². The second-order valence-electron chi connectivity index (χ2n) is 5.49. The minimum absolute atomic E-state index is 0.306. The minimum Gasteiger partial charge on any atom is -0.508 e. The van der Waals surface area contributed by atoms with Crippen LogP contribution in [0.3, 0.4) is 0 Å². The zero-order valence-corrected chi connectivity index (χ0v) is 12.6. The van der Waals surface area contributed by atoms with E-state index in [1.807, 2.05) is 6.07 Å². The molecule has 2 N–H and O–H groups in total. The van der Waals surface area contributed by atoms with E-state index in [4.69, 9.17) is 4.74 Å². The molecule has 1 unspecified atom stereocenters. The Kier molecular flexibility index (Phi) is 6.12. The van der Waals surface area contributed by atoms with Crippen molar-refractivity contribution in [2.45, 2.75) is 26.4 Å². The van der Waals surface area contributed by atoms with Crippen LogP contribution in [0.5, 0.6) is 11.5 Å². The van der Waals surface area contributed by atoms with Gasteiger partial charge in [-0.1, -0.05) is 13.8 Å². The third-order valence-corrected chi connectivity index (χ3v) is 3.21. The second kappa shape index (κ2) is 7.36. The van der Waals surface area contributed by atoms with Gasteiger partial charge < -0.3 is 20.1 Å². The lowest BCUT2D eigenvalue weighted by molar-refractivity contribution is 0.287. The molecule has 19 heavy (non-hydrogen) atoms. The van der Waals surface area contributed by atoms with Gasteiger partial charge >= 0.3 is 0 Å². The molecule has 0 fully saturated rings. The lowest BCUT2D eigenvalue weighted by Crippen LogP contribution is -2.41. The van der Waals surface area contributed by atoms with E-state index in [0.717, 1.165) is 17.9 Å². The fraction of sp³-hybridized carbons (Fsp3) is 0.600. The van der Waals surface area contributed by atoms with Crippen LogP contribution in [0, 0.1) is 5.92 Å². The highest BCUT2D eigenvalue weighted by atomic mass is 16.5. The Labute approximate surface area is 116 Å². The smallest absolute Gasteiger partial charge is 0.120 e. The molecule has 0 spiro atoms. The van der Waals surface area contributed by atoms with Crippen LogP contribution in [-0.4, -0.2) is 43.8 Å². The van der Waals surface area contributed by atoms with Crippen molar-refractivity contribution >= 4 is 0 Å². The van der Waals surface area contributed by atoms with Crippen molar-refractivity contribution in [3.05, 3.63) is 23.8 Å². The number of ether oxygens (including phenoxy) is 1.